The van der Waals surface area contributed by atoms with Gasteiger partial charge in [0.15, 0.2) is 0 Å². The fraction of sp³-hybridized carbons (Fsp3) is 0.438. The van der Waals surface area contributed by atoms with Gasteiger partial charge in [-0.25, -0.2) is 4.39 Å². The molecule has 4 nitrogen and oxygen atoms in total. The monoisotopic (exact) mass is 291 g/mol. The zero-order valence-corrected chi connectivity index (χ0v) is 12.5. The van der Waals surface area contributed by atoms with Crippen molar-refractivity contribution in [3.05, 3.63) is 41.8 Å². The molecule has 0 fully saturated rings. The number of nitrogens with one attached hydrogen (secondary N) is 2. The first-order valence-corrected chi connectivity index (χ1v) is 7.12. The Labute approximate surface area is 124 Å². The van der Waals surface area contributed by atoms with E-state index in [4.69, 9.17) is 5.11 Å². The topological polar surface area (TPSA) is 60.9 Å². The first-order chi connectivity index (χ1) is 10.0. The van der Waals surface area contributed by atoms with E-state index < -0.39 is 0 Å². The van der Waals surface area contributed by atoms with Crippen LogP contribution in [-0.2, 0) is 6.54 Å². The summed E-state index contributed by atoms with van der Waals surface area (Å²) in [6.45, 7) is 5.76. The summed E-state index contributed by atoms with van der Waals surface area (Å²) in [6, 6.07) is 6.66. The quantitative estimate of drug-likeness (QED) is 0.735. The maximum Gasteiger partial charge on any atom is 0.132 e. The van der Waals surface area contributed by atoms with Crippen LogP contribution in [0.4, 0.5) is 4.39 Å². The maximum atomic E-state index is 13.8. The van der Waals surface area contributed by atoms with Gasteiger partial charge >= 0.3 is 0 Å². The third kappa shape index (κ3) is 4.12. The van der Waals surface area contributed by atoms with Crippen molar-refractivity contribution in [1.29, 1.82) is 0 Å². The number of aromatic amines is 1. The Kier molecular flexibility index (Phi) is 5.09. The largest absolute Gasteiger partial charge is 0.396 e. The van der Waals surface area contributed by atoms with Crippen molar-refractivity contribution in [3.8, 4) is 11.3 Å². The van der Waals surface area contributed by atoms with Crippen LogP contribution in [0.25, 0.3) is 11.3 Å². The van der Waals surface area contributed by atoms with E-state index in [0.717, 1.165) is 18.5 Å². The van der Waals surface area contributed by atoms with Crippen LogP contribution in [0.1, 0.15) is 25.8 Å². The lowest BCUT2D eigenvalue weighted by atomic mass is 9.90. The van der Waals surface area contributed by atoms with E-state index in [1.165, 1.54) is 6.07 Å². The summed E-state index contributed by atoms with van der Waals surface area (Å²) in [4.78, 5) is 0. The second kappa shape index (κ2) is 6.83. The van der Waals surface area contributed by atoms with Crippen molar-refractivity contribution in [2.24, 2.45) is 5.41 Å². The van der Waals surface area contributed by atoms with Gasteiger partial charge in [-0.3, -0.25) is 5.10 Å². The normalized spacial score (nSPS) is 11.8. The predicted molar refractivity (Wildman–Crippen MR) is 81.2 cm³/mol. The van der Waals surface area contributed by atoms with E-state index in [1.807, 2.05) is 0 Å². The Morgan fingerprint density at radius 1 is 1.33 bits per heavy atom. The van der Waals surface area contributed by atoms with Crippen LogP contribution in [0.2, 0.25) is 0 Å². The van der Waals surface area contributed by atoms with Gasteiger partial charge in [0.25, 0.3) is 0 Å². The highest BCUT2D eigenvalue weighted by Gasteiger charge is 2.17. The second-order valence-electron chi connectivity index (χ2n) is 5.99. The standard InChI is InChI=1S/C16H22FN3O/c1-16(2,7-8-21)11-18-9-12-10-19-20-15(12)13-5-3-4-6-14(13)17/h3-6,10,18,21H,7-9,11H2,1-2H3,(H,19,20). The molecule has 21 heavy (non-hydrogen) atoms. The Balaban J connectivity index is 2.03. The lowest BCUT2D eigenvalue weighted by molar-refractivity contribution is 0.207. The van der Waals surface area contributed by atoms with Gasteiger partial charge in [-0.1, -0.05) is 26.0 Å². The van der Waals surface area contributed by atoms with Gasteiger partial charge in [-0.15, -0.1) is 0 Å². The van der Waals surface area contributed by atoms with Crippen molar-refractivity contribution in [3.63, 3.8) is 0 Å². The van der Waals surface area contributed by atoms with Crippen molar-refractivity contribution in [2.75, 3.05) is 13.2 Å². The smallest absolute Gasteiger partial charge is 0.132 e. The van der Waals surface area contributed by atoms with Crippen LogP contribution in [0.15, 0.2) is 30.5 Å². The molecule has 1 heterocycles. The highest BCUT2D eigenvalue weighted by Crippen LogP contribution is 2.24. The van der Waals surface area contributed by atoms with E-state index in [0.29, 0.717) is 17.8 Å². The molecule has 0 amide bonds. The van der Waals surface area contributed by atoms with Crippen LogP contribution in [-0.4, -0.2) is 28.5 Å². The highest BCUT2D eigenvalue weighted by molar-refractivity contribution is 5.63. The van der Waals surface area contributed by atoms with Gasteiger partial charge in [-0.05, 0) is 24.0 Å². The van der Waals surface area contributed by atoms with Crippen LogP contribution in [0, 0.1) is 11.2 Å². The molecule has 0 saturated carbocycles. The number of hydrogen-bond donors (Lipinski definition) is 3. The van der Waals surface area contributed by atoms with E-state index in [1.54, 1.807) is 24.4 Å². The second-order valence-corrected chi connectivity index (χ2v) is 5.99. The van der Waals surface area contributed by atoms with E-state index in [9.17, 15) is 4.39 Å². The van der Waals surface area contributed by atoms with Crippen molar-refractivity contribution in [2.45, 2.75) is 26.8 Å². The minimum atomic E-state index is -0.261. The molecule has 1 aromatic carbocycles. The van der Waals surface area contributed by atoms with E-state index in [-0.39, 0.29) is 17.8 Å². The van der Waals surface area contributed by atoms with Gasteiger partial charge in [0, 0.05) is 30.8 Å². The zero-order valence-electron chi connectivity index (χ0n) is 12.5. The summed E-state index contributed by atoms with van der Waals surface area (Å²) < 4.78 is 13.8. The average Bonchev–Trinajstić information content (AvgIpc) is 2.87. The summed E-state index contributed by atoms with van der Waals surface area (Å²) in [5.74, 6) is -0.261. The van der Waals surface area contributed by atoms with Gasteiger partial charge in [-0.2, -0.15) is 5.10 Å². The van der Waals surface area contributed by atoms with E-state index >= 15 is 0 Å². The zero-order chi connectivity index (χ0) is 15.3. The Morgan fingerprint density at radius 3 is 2.81 bits per heavy atom. The molecule has 0 radical (unpaired) electrons. The molecule has 5 heteroatoms. The number of hydrogen-bond acceptors (Lipinski definition) is 3. The Hall–Kier alpha value is -1.72. The molecular weight excluding hydrogens is 269 g/mol. The number of aliphatic hydroxyl groups excluding tert-OH is 1. The molecule has 0 unspecified atom stereocenters. The van der Waals surface area contributed by atoms with Crippen molar-refractivity contribution in [1.82, 2.24) is 15.5 Å². The molecule has 0 spiro atoms. The van der Waals surface area contributed by atoms with Gasteiger partial charge in [0.1, 0.15) is 5.82 Å². The molecule has 0 aliphatic heterocycles. The van der Waals surface area contributed by atoms with Gasteiger partial charge < -0.3 is 10.4 Å². The molecule has 0 atom stereocenters. The highest BCUT2D eigenvalue weighted by atomic mass is 19.1. The number of halogens is 1. The van der Waals surface area contributed by atoms with E-state index in [2.05, 4.69) is 29.4 Å². The number of H-pyrrole nitrogens is 1. The Bertz CT molecular complexity index is 580. The maximum absolute atomic E-state index is 13.8. The fourth-order valence-corrected chi connectivity index (χ4v) is 2.27. The lowest BCUT2D eigenvalue weighted by Crippen LogP contribution is -2.29. The first kappa shape index (κ1) is 15.7. The average molecular weight is 291 g/mol. The number of rotatable bonds is 7. The molecule has 0 aliphatic rings. The van der Waals surface area contributed by atoms with Crippen LogP contribution >= 0.6 is 0 Å². The minimum absolute atomic E-state index is 0.0245. The van der Waals surface area contributed by atoms with Crippen molar-refractivity contribution < 1.29 is 9.50 Å². The summed E-state index contributed by atoms with van der Waals surface area (Å²) in [5, 5.41) is 19.3. The molecule has 0 saturated heterocycles. The summed E-state index contributed by atoms with van der Waals surface area (Å²) in [7, 11) is 0. The SMILES string of the molecule is CC(C)(CCO)CNCc1cn[nH]c1-c1ccccc1F. The molecule has 2 aromatic rings. The summed E-state index contributed by atoms with van der Waals surface area (Å²) >= 11 is 0. The molecule has 3 N–H and O–H groups in total. The molecule has 2 rings (SSSR count). The lowest BCUT2D eigenvalue weighted by Gasteiger charge is -2.23. The van der Waals surface area contributed by atoms with Gasteiger partial charge in [0.05, 0.1) is 11.9 Å². The molecule has 0 bridgehead atoms. The third-order valence-electron chi connectivity index (χ3n) is 3.57. The summed E-state index contributed by atoms with van der Waals surface area (Å²) in [5.41, 5.74) is 2.19. The van der Waals surface area contributed by atoms with Crippen molar-refractivity contribution >= 4 is 0 Å². The van der Waals surface area contributed by atoms with Crippen LogP contribution in [0.5, 0.6) is 0 Å². The van der Waals surface area contributed by atoms with Gasteiger partial charge in [0.2, 0.25) is 0 Å². The molecule has 0 aliphatic carbocycles. The number of aromatic nitrogens is 2. The molecular formula is C16H22FN3O. The third-order valence-corrected chi connectivity index (χ3v) is 3.57. The number of nitrogens with zero attached hydrogens (tertiary/aromatic N) is 1. The van der Waals surface area contributed by atoms with Crippen LogP contribution < -0.4 is 5.32 Å². The number of aliphatic hydroxyl groups is 1. The molecule has 114 valence electrons. The minimum Gasteiger partial charge on any atom is -0.396 e. The predicted octanol–water partition coefficient (Wildman–Crippen LogP) is 2.71. The number of benzene rings is 1. The fourth-order valence-electron chi connectivity index (χ4n) is 2.27. The Morgan fingerprint density at radius 2 is 2.10 bits per heavy atom. The molecule has 1 aromatic heterocycles. The summed E-state index contributed by atoms with van der Waals surface area (Å²) in [6.07, 6.45) is 2.46. The first-order valence-electron chi connectivity index (χ1n) is 7.12. The van der Waals surface area contributed by atoms with Crippen LogP contribution in [0.3, 0.4) is 0 Å².